The fourth-order valence-corrected chi connectivity index (χ4v) is 3.71. The van der Waals surface area contributed by atoms with E-state index < -0.39 is 10.0 Å². The number of amides is 1. The van der Waals surface area contributed by atoms with Crippen LogP contribution >= 0.6 is 0 Å². The van der Waals surface area contributed by atoms with Crippen molar-refractivity contribution in [1.29, 1.82) is 0 Å². The van der Waals surface area contributed by atoms with Crippen LogP contribution in [0.4, 0.5) is 5.69 Å². The van der Waals surface area contributed by atoms with Gasteiger partial charge in [0.05, 0.1) is 19.9 Å². The number of anilines is 1. The van der Waals surface area contributed by atoms with Crippen molar-refractivity contribution in [2.75, 3.05) is 26.1 Å². The number of methoxy groups -OCH3 is 2. The quantitative estimate of drug-likeness (QED) is 0.710. The van der Waals surface area contributed by atoms with E-state index in [1.165, 1.54) is 28.1 Å². The van der Waals surface area contributed by atoms with Gasteiger partial charge < -0.3 is 19.3 Å². The topological polar surface area (TPSA) is 120 Å². The summed E-state index contributed by atoms with van der Waals surface area (Å²) in [5.74, 6) is 0.842. The van der Waals surface area contributed by atoms with Gasteiger partial charge >= 0.3 is 0 Å². The molecule has 0 saturated carbocycles. The molecule has 9 nitrogen and oxygen atoms in total. The third-order valence-electron chi connectivity index (χ3n) is 3.56. The molecule has 0 spiro atoms. The molecule has 0 saturated heterocycles. The zero-order chi connectivity index (χ0) is 19.3. The average molecular weight is 383 g/mol. The lowest BCUT2D eigenvalue weighted by Gasteiger charge is -2.12. The molecular formula is C16H21N3O6S. The predicted molar refractivity (Wildman–Crippen MR) is 94.0 cm³/mol. The number of nitrogens with one attached hydrogen (secondary N) is 2. The maximum absolute atomic E-state index is 12.3. The zero-order valence-electron chi connectivity index (χ0n) is 15.0. The molecule has 2 rings (SSSR count). The molecule has 0 aliphatic heterocycles. The zero-order valence-corrected chi connectivity index (χ0v) is 15.8. The van der Waals surface area contributed by atoms with Crippen LogP contribution in [0.25, 0.3) is 0 Å². The van der Waals surface area contributed by atoms with E-state index >= 15 is 0 Å². The van der Waals surface area contributed by atoms with Gasteiger partial charge in [0.25, 0.3) is 0 Å². The summed E-state index contributed by atoms with van der Waals surface area (Å²) in [6.07, 6.45) is -0.0665. The van der Waals surface area contributed by atoms with Crippen molar-refractivity contribution in [2.24, 2.45) is 0 Å². The van der Waals surface area contributed by atoms with Crippen molar-refractivity contribution in [3.05, 3.63) is 29.7 Å². The second-order valence-corrected chi connectivity index (χ2v) is 7.12. The van der Waals surface area contributed by atoms with Crippen LogP contribution in [0.5, 0.6) is 11.5 Å². The van der Waals surface area contributed by atoms with Crippen LogP contribution in [-0.2, 0) is 14.8 Å². The molecule has 0 unspecified atom stereocenters. The Morgan fingerprint density at radius 3 is 2.54 bits per heavy atom. The standard InChI is InChI=1S/C16H21N3O6S/c1-10-16(11(2)25-19-10)26(21,22)17-8-7-15(20)18-13-9-12(23-3)5-6-14(13)24-4/h5-6,9,17H,7-8H2,1-4H3,(H,18,20). The van der Waals surface area contributed by atoms with Crippen molar-refractivity contribution >= 4 is 21.6 Å². The van der Waals surface area contributed by atoms with Gasteiger partial charge in [0.15, 0.2) is 5.76 Å². The van der Waals surface area contributed by atoms with E-state index in [1.807, 2.05) is 0 Å². The molecule has 2 N–H and O–H groups in total. The largest absolute Gasteiger partial charge is 0.497 e. The van der Waals surface area contributed by atoms with E-state index in [1.54, 1.807) is 18.2 Å². The molecule has 1 aromatic carbocycles. The number of carbonyl (C=O) groups is 1. The van der Waals surface area contributed by atoms with Crippen LogP contribution in [0.15, 0.2) is 27.6 Å². The monoisotopic (exact) mass is 383 g/mol. The highest BCUT2D eigenvalue weighted by molar-refractivity contribution is 7.89. The summed E-state index contributed by atoms with van der Waals surface area (Å²) in [5, 5.41) is 6.29. The molecule has 26 heavy (non-hydrogen) atoms. The second-order valence-electron chi connectivity index (χ2n) is 5.42. The number of rotatable bonds is 8. The lowest BCUT2D eigenvalue weighted by molar-refractivity contribution is -0.116. The molecule has 10 heteroatoms. The van der Waals surface area contributed by atoms with Crippen molar-refractivity contribution in [1.82, 2.24) is 9.88 Å². The third kappa shape index (κ3) is 4.52. The van der Waals surface area contributed by atoms with Crippen molar-refractivity contribution in [2.45, 2.75) is 25.2 Å². The number of benzene rings is 1. The fourth-order valence-electron chi connectivity index (χ4n) is 2.35. The van der Waals surface area contributed by atoms with Crippen LogP contribution in [0, 0.1) is 13.8 Å². The van der Waals surface area contributed by atoms with Crippen LogP contribution in [0.1, 0.15) is 17.9 Å². The molecule has 1 heterocycles. The first-order chi connectivity index (χ1) is 12.3. The summed E-state index contributed by atoms with van der Waals surface area (Å²) >= 11 is 0. The molecule has 0 radical (unpaired) electrons. The summed E-state index contributed by atoms with van der Waals surface area (Å²) < 4.78 is 42.1. The number of aromatic nitrogens is 1. The molecule has 1 amide bonds. The van der Waals surface area contributed by atoms with Crippen molar-refractivity contribution in [3.63, 3.8) is 0 Å². The summed E-state index contributed by atoms with van der Waals surface area (Å²) in [6.45, 7) is 2.97. The van der Waals surface area contributed by atoms with Crippen molar-refractivity contribution < 1.29 is 27.2 Å². The Labute approximate surface area is 151 Å². The molecule has 0 aliphatic carbocycles. The van der Waals surface area contributed by atoms with E-state index in [0.29, 0.717) is 17.2 Å². The average Bonchev–Trinajstić information content (AvgIpc) is 2.93. The molecule has 0 fully saturated rings. The number of hydrogen-bond acceptors (Lipinski definition) is 7. The van der Waals surface area contributed by atoms with E-state index in [-0.39, 0.29) is 35.2 Å². The second kappa shape index (κ2) is 8.19. The predicted octanol–water partition coefficient (Wildman–Crippen LogP) is 1.62. The van der Waals surface area contributed by atoms with Gasteiger partial charge in [-0.2, -0.15) is 0 Å². The van der Waals surface area contributed by atoms with Gasteiger partial charge in [-0.25, -0.2) is 13.1 Å². The van der Waals surface area contributed by atoms with Crippen LogP contribution < -0.4 is 19.5 Å². The summed E-state index contributed by atoms with van der Waals surface area (Å²) in [4.78, 5) is 12.1. The minimum Gasteiger partial charge on any atom is -0.497 e. The molecule has 0 aliphatic rings. The Morgan fingerprint density at radius 2 is 1.96 bits per heavy atom. The van der Waals surface area contributed by atoms with Crippen LogP contribution in [0.3, 0.4) is 0 Å². The van der Waals surface area contributed by atoms with E-state index in [2.05, 4.69) is 15.2 Å². The summed E-state index contributed by atoms with van der Waals surface area (Å²) in [7, 11) is -0.809. The highest BCUT2D eigenvalue weighted by atomic mass is 32.2. The minimum absolute atomic E-state index is 0.00706. The van der Waals surface area contributed by atoms with Crippen LogP contribution in [-0.4, -0.2) is 40.2 Å². The Morgan fingerprint density at radius 1 is 1.23 bits per heavy atom. The maximum Gasteiger partial charge on any atom is 0.245 e. The van der Waals surface area contributed by atoms with Gasteiger partial charge in [0.2, 0.25) is 15.9 Å². The smallest absolute Gasteiger partial charge is 0.245 e. The third-order valence-corrected chi connectivity index (χ3v) is 5.27. The van der Waals surface area contributed by atoms with E-state index in [4.69, 9.17) is 14.0 Å². The lowest BCUT2D eigenvalue weighted by atomic mass is 10.2. The van der Waals surface area contributed by atoms with Gasteiger partial charge in [-0.1, -0.05) is 5.16 Å². The molecule has 0 atom stereocenters. The lowest BCUT2D eigenvalue weighted by Crippen LogP contribution is -2.28. The fraction of sp³-hybridized carbons (Fsp3) is 0.375. The Bertz CT molecular complexity index is 872. The highest BCUT2D eigenvalue weighted by Crippen LogP contribution is 2.28. The van der Waals surface area contributed by atoms with Crippen molar-refractivity contribution in [3.8, 4) is 11.5 Å². The number of carbonyl (C=O) groups excluding carboxylic acids is 1. The first kappa shape index (κ1) is 19.7. The Kier molecular flexibility index (Phi) is 6.22. The molecular weight excluding hydrogens is 362 g/mol. The number of nitrogens with zero attached hydrogens (tertiary/aromatic N) is 1. The highest BCUT2D eigenvalue weighted by Gasteiger charge is 2.23. The first-order valence-corrected chi connectivity index (χ1v) is 9.21. The maximum atomic E-state index is 12.3. The Balaban J connectivity index is 1.98. The number of aryl methyl sites for hydroxylation is 2. The Hall–Kier alpha value is -2.59. The summed E-state index contributed by atoms with van der Waals surface area (Å²) in [6, 6.07) is 4.98. The number of ether oxygens (including phenoxy) is 2. The summed E-state index contributed by atoms with van der Waals surface area (Å²) in [5.41, 5.74) is 0.700. The number of sulfonamides is 1. The van der Waals surface area contributed by atoms with Gasteiger partial charge in [-0.15, -0.1) is 0 Å². The molecule has 142 valence electrons. The first-order valence-electron chi connectivity index (χ1n) is 7.73. The van der Waals surface area contributed by atoms with Gasteiger partial charge in [0, 0.05) is 19.0 Å². The molecule has 2 aromatic rings. The number of hydrogen-bond donors (Lipinski definition) is 2. The van der Waals surface area contributed by atoms with Gasteiger partial charge in [-0.3, -0.25) is 4.79 Å². The van der Waals surface area contributed by atoms with E-state index in [0.717, 1.165) is 0 Å². The SMILES string of the molecule is COc1ccc(OC)c(NC(=O)CCNS(=O)(=O)c2c(C)noc2C)c1. The molecule has 0 bridgehead atoms. The normalized spacial score (nSPS) is 11.2. The van der Waals surface area contributed by atoms with Gasteiger partial charge in [-0.05, 0) is 26.0 Å². The van der Waals surface area contributed by atoms with Crippen LogP contribution in [0.2, 0.25) is 0 Å². The molecule has 1 aromatic heterocycles. The minimum atomic E-state index is -3.80. The van der Waals surface area contributed by atoms with E-state index in [9.17, 15) is 13.2 Å². The van der Waals surface area contributed by atoms with Gasteiger partial charge in [0.1, 0.15) is 22.1 Å².